The molecule has 0 bridgehead atoms. The van der Waals surface area contributed by atoms with Crippen LogP contribution in [0, 0.1) is 0 Å². The summed E-state index contributed by atoms with van der Waals surface area (Å²) in [6.07, 6.45) is 1.78. The molecular weight excluding hydrogens is 260 g/mol. The highest BCUT2D eigenvalue weighted by Gasteiger charge is 2.12. The minimum Gasteiger partial charge on any atom is -0.493 e. The standard InChI is InChI=1S/C14H16N2O2S/c1-16-7-10-11(8-19-14(10)15)9-4-5-12(17-2)13(6-9)18-3/h4-8H,15H2,1-3H3. The molecule has 0 aliphatic rings. The van der Waals surface area contributed by atoms with E-state index in [1.807, 2.05) is 23.6 Å². The molecule has 0 unspecified atom stereocenters. The summed E-state index contributed by atoms with van der Waals surface area (Å²) in [5.74, 6) is 1.41. The Kier molecular flexibility index (Phi) is 4.06. The largest absolute Gasteiger partial charge is 0.493 e. The van der Waals surface area contributed by atoms with Crippen molar-refractivity contribution in [3.8, 4) is 22.6 Å². The summed E-state index contributed by atoms with van der Waals surface area (Å²) in [6.45, 7) is 0. The lowest BCUT2D eigenvalue weighted by Crippen LogP contribution is -1.93. The minimum atomic E-state index is 0.698. The number of benzene rings is 1. The van der Waals surface area contributed by atoms with Crippen LogP contribution in [0.1, 0.15) is 5.56 Å². The monoisotopic (exact) mass is 276 g/mol. The van der Waals surface area contributed by atoms with Crippen LogP contribution in [0.4, 0.5) is 5.00 Å². The molecule has 0 amide bonds. The van der Waals surface area contributed by atoms with Gasteiger partial charge in [0.2, 0.25) is 0 Å². The number of methoxy groups -OCH3 is 2. The van der Waals surface area contributed by atoms with E-state index in [9.17, 15) is 0 Å². The first kappa shape index (κ1) is 13.4. The number of hydrogen-bond donors (Lipinski definition) is 1. The van der Waals surface area contributed by atoms with Gasteiger partial charge < -0.3 is 15.2 Å². The van der Waals surface area contributed by atoms with E-state index in [1.54, 1.807) is 27.5 Å². The molecule has 0 saturated carbocycles. The average Bonchev–Trinajstić information content (AvgIpc) is 2.80. The van der Waals surface area contributed by atoms with Gasteiger partial charge in [0.25, 0.3) is 0 Å². The molecule has 4 nitrogen and oxygen atoms in total. The summed E-state index contributed by atoms with van der Waals surface area (Å²) < 4.78 is 10.6. The van der Waals surface area contributed by atoms with E-state index in [2.05, 4.69) is 4.99 Å². The van der Waals surface area contributed by atoms with Crippen LogP contribution in [-0.4, -0.2) is 27.5 Å². The highest BCUT2D eigenvalue weighted by atomic mass is 32.1. The van der Waals surface area contributed by atoms with Crippen LogP contribution < -0.4 is 15.2 Å². The molecule has 19 heavy (non-hydrogen) atoms. The Hall–Kier alpha value is -2.01. The first-order chi connectivity index (χ1) is 9.21. The highest BCUT2D eigenvalue weighted by molar-refractivity contribution is 7.14. The fourth-order valence-corrected chi connectivity index (χ4v) is 2.67. The molecule has 2 rings (SSSR count). The Bertz CT molecular complexity index is 605. The molecule has 0 fully saturated rings. The number of nitrogen functional groups attached to an aromatic ring is 1. The third-order valence-electron chi connectivity index (χ3n) is 2.81. The van der Waals surface area contributed by atoms with Gasteiger partial charge in [0.1, 0.15) is 0 Å². The van der Waals surface area contributed by atoms with E-state index in [0.717, 1.165) is 21.7 Å². The van der Waals surface area contributed by atoms with Crippen molar-refractivity contribution in [2.75, 3.05) is 27.0 Å². The summed E-state index contributed by atoms with van der Waals surface area (Å²) in [4.78, 5) is 4.05. The molecule has 0 saturated heterocycles. The highest BCUT2D eigenvalue weighted by Crippen LogP contribution is 2.37. The minimum absolute atomic E-state index is 0.698. The smallest absolute Gasteiger partial charge is 0.161 e. The van der Waals surface area contributed by atoms with Gasteiger partial charge in [-0.05, 0) is 17.7 Å². The van der Waals surface area contributed by atoms with Gasteiger partial charge in [-0.2, -0.15) is 0 Å². The van der Waals surface area contributed by atoms with Crippen molar-refractivity contribution in [3.05, 3.63) is 29.1 Å². The van der Waals surface area contributed by atoms with Crippen molar-refractivity contribution >= 4 is 22.6 Å². The van der Waals surface area contributed by atoms with E-state index < -0.39 is 0 Å². The second-order valence-electron chi connectivity index (χ2n) is 3.88. The molecule has 2 aromatic rings. The van der Waals surface area contributed by atoms with Crippen LogP contribution >= 0.6 is 11.3 Å². The molecule has 2 N–H and O–H groups in total. The fraction of sp³-hybridized carbons (Fsp3) is 0.214. The van der Waals surface area contributed by atoms with Gasteiger partial charge in [-0.15, -0.1) is 11.3 Å². The topological polar surface area (TPSA) is 56.8 Å². The van der Waals surface area contributed by atoms with Crippen molar-refractivity contribution in [1.82, 2.24) is 0 Å². The Morgan fingerprint density at radius 3 is 2.58 bits per heavy atom. The van der Waals surface area contributed by atoms with E-state index in [0.29, 0.717) is 11.5 Å². The first-order valence-electron chi connectivity index (χ1n) is 5.72. The fourth-order valence-electron chi connectivity index (χ4n) is 1.87. The van der Waals surface area contributed by atoms with Crippen LogP contribution in [0.5, 0.6) is 11.5 Å². The Morgan fingerprint density at radius 2 is 1.95 bits per heavy atom. The van der Waals surface area contributed by atoms with Gasteiger partial charge in [-0.3, -0.25) is 4.99 Å². The van der Waals surface area contributed by atoms with Crippen molar-refractivity contribution in [2.45, 2.75) is 0 Å². The number of rotatable bonds is 4. The van der Waals surface area contributed by atoms with Crippen molar-refractivity contribution < 1.29 is 9.47 Å². The molecule has 0 aliphatic carbocycles. The Morgan fingerprint density at radius 1 is 1.21 bits per heavy atom. The molecule has 0 atom stereocenters. The normalized spacial score (nSPS) is 10.9. The summed E-state index contributed by atoms with van der Waals surface area (Å²) in [6, 6.07) is 5.80. The average molecular weight is 276 g/mol. The van der Waals surface area contributed by atoms with Gasteiger partial charge in [0.15, 0.2) is 11.5 Å². The van der Waals surface area contributed by atoms with Crippen LogP contribution in [0.2, 0.25) is 0 Å². The first-order valence-corrected chi connectivity index (χ1v) is 6.60. The predicted octanol–water partition coefficient (Wildman–Crippen LogP) is 3.06. The third kappa shape index (κ3) is 2.56. The van der Waals surface area contributed by atoms with Gasteiger partial charge in [-0.25, -0.2) is 0 Å². The quantitative estimate of drug-likeness (QED) is 0.873. The molecule has 0 radical (unpaired) electrons. The van der Waals surface area contributed by atoms with Gasteiger partial charge in [-0.1, -0.05) is 6.07 Å². The molecule has 1 aromatic carbocycles. The van der Waals surface area contributed by atoms with E-state index in [4.69, 9.17) is 15.2 Å². The lowest BCUT2D eigenvalue weighted by molar-refractivity contribution is 0.355. The number of nitrogens with two attached hydrogens (primary N) is 1. The van der Waals surface area contributed by atoms with Crippen LogP contribution in [0.3, 0.4) is 0 Å². The number of anilines is 1. The lowest BCUT2D eigenvalue weighted by atomic mass is 10.0. The number of thiophene rings is 1. The van der Waals surface area contributed by atoms with Crippen molar-refractivity contribution in [1.29, 1.82) is 0 Å². The number of ether oxygens (including phenoxy) is 2. The lowest BCUT2D eigenvalue weighted by Gasteiger charge is -2.09. The van der Waals surface area contributed by atoms with Gasteiger partial charge >= 0.3 is 0 Å². The van der Waals surface area contributed by atoms with Crippen LogP contribution in [0.15, 0.2) is 28.6 Å². The third-order valence-corrected chi connectivity index (χ3v) is 3.64. The maximum absolute atomic E-state index is 5.96. The molecule has 1 aromatic heterocycles. The molecule has 1 heterocycles. The zero-order valence-electron chi connectivity index (χ0n) is 11.1. The van der Waals surface area contributed by atoms with Gasteiger partial charge in [0, 0.05) is 29.8 Å². The van der Waals surface area contributed by atoms with Crippen LogP contribution in [0.25, 0.3) is 11.1 Å². The second kappa shape index (κ2) is 5.75. The summed E-state index contributed by atoms with van der Waals surface area (Å²) in [5.41, 5.74) is 8.99. The summed E-state index contributed by atoms with van der Waals surface area (Å²) >= 11 is 1.50. The summed E-state index contributed by atoms with van der Waals surface area (Å²) in [7, 11) is 4.97. The zero-order valence-corrected chi connectivity index (χ0v) is 12.0. The van der Waals surface area contributed by atoms with Crippen molar-refractivity contribution in [2.24, 2.45) is 4.99 Å². The molecule has 0 spiro atoms. The second-order valence-corrected chi connectivity index (χ2v) is 4.80. The van der Waals surface area contributed by atoms with Crippen LogP contribution in [-0.2, 0) is 0 Å². The number of aliphatic imine (C=N–C) groups is 1. The number of nitrogens with zero attached hydrogens (tertiary/aromatic N) is 1. The molecule has 100 valence electrons. The van der Waals surface area contributed by atoms with Gasteiger partial charge in [0.05, 0.1) is 19.2 Å². The molecular formula is C14H16N2O2S. The SMILES string of the molecule is CN=Cc1c(-c2ccc(OC)c(OC)c2)csc1N. The number of hydrogen-bond acceptors (Lipinski definition) is 5. The van der Waals surface area contributed by atoms with E-state index in [1.165, 1.54) is 11.3 Å². The zero-order chi connectivity index (χ0) is 13.8. The maximum Gasteiger partial charge on any atom is 0.161 e. The summed E-state index contributed by atoms with van der Waals surface area (Å²) in [5, 5.41) is 2.78. The predicted molar refractivity (Wildman–Crippen MR) is 80.8 cm³/mol. The van der Waals surface area contributed by atoms with E-state index in [-0.39, 0.29) is 0 Å². The molecule has 0 aliphatic heterocycles. The molecule has 5 heteroatoms. The van der Waals surface area contributed by atoms with Crippen molar-refractivity contribution in [3.63, 3.8) is 0 Å². The van der Waals surface area contributed by atoms with E-state index >= 15 is 0 Å². The maximum atomic E-state index is 5.96. The Labute approximate surface area is 116 Å². The Balaban J connectivity index is 2.53.